The molecule has 0 spiro atoms. The van der Waals surface area contributed by atoms with E-state index in [4.69, 9.17) is 21.3 Å². The van der Waals surface area contributed by atoms with E-state index in [2.05, 4.69) is 10.1 Å². The van der Waals surface area contributed by atoms with Crippen molar-refractivity contribution in [2.75, 3.05) is 0 Å². The zero-order valence-electron chi connectivity index (χ0n) is 11.9. The lowest BCUT2D eigenvalue weighted by Gasteiger charge is -2.07. The second-order valence-corrected chi connectivity index (χ2v) is 5.68. The number of halogens is 1. The smallest absolute Gasteiger partial charge is 0.335 e. The minimum Gasteiger partial charge on any atom is -0.478 e. The van der Waals surface area contributed by atoms with Crippen LogP contribution in [0.5, 0.6) is 5.75 Å². The van der Waals surface area contributed by atoms with Crippen LogP contribution in [-0.2, 0) is 0 Å². The van der Waals surface area contributed by atoms with Crippen molar-refractivity contribution in [3.8, 4) is 17.0 Å². The molecule has 1 aliphatic carbocycles. The van der Waals surface area contributed by atoms with Crippen molar-refractivity contribution < 1.29 is 14.2 Å². The monoisotopic (exact) mass is 329 g/mol. The van der Waals surface area contributed by atoms with Crippen LogP contribution in [0.4, 0.5) is 0 Å². The summed E-state index contributed by atoms with van der Waals surface area (Å²) in [6.07, 6.45) is 2.16. The van der Waals surface area contributed by atoms with Crippen LogP contribution in [0.2, 0.25) is 0 Å². The van der Waals surface area contributed by atoms with E-state index in [1.165, 1.54) is 0 Å². The summed E-state index contributed by atoms with van der Waals surface area (Å²) in [7, 11) is 0. The summed E-state index contributed by atoms with van der Waals surface area (Å²) in [5.74, 6) is 0.600. The van der Waals surface area contributed by atoms with Gasteiger partial charge in [0, 0.05) is 11.5 Å². The maximum absolute atomic E-state index is 11.2. The van der Waals surface area contributed by atoms with Gasteiger partial charge in [-0.25, -0.2) is 14.3 Å². The van der Waals surface area contributed by atoms with E-state index in [1.807, 2.05) is 6.07 Å². The molecule has 6 nitrogen and oxygen atoms in total. The lowest BCUT2D eigenvalue weighted by molar-refractivity contribution is 0.0697. The zero-order valence-corrected chi connectivity index (χ0v) is 12.7. The van der Waals surface area contributed by atoms with Gasteiger partial charge in [-0.1, -0.05) is 12.1 Å². The minimum absolute atomic E-state index is 0.218. The molecule has 0 saturated heterocycles. The Morgan fingerprint density at radius 3 is 2.83 bits per heavy atom. The van der Waals surface area contributed by atoms with Gasteiger partial charge in [0.2, 0.25) is 5.65 Å². The average Bonchev–Trinajstić information content (AvgIpc) is 3.32. The third-order valence-corrected chi connectivity index (χ3v) is 4.06. The minimum atomic E-state index is -0.971. The third kappa shape index (κ3) is 2.41. The normalized spacial score (nSPS) is 14.1. The van der Waals surface area contributed by atoms with Crippen molar-refractivity contribution in [1.29, 1.82) is 0 Å². The molecule has 0 atom stereocenters. The molecular formula is C16H12ClN3O3. The van der Waals surface area contributed by atoms with E-state index in [0.717, 1.165) is 29.9 Å². The number of pyridine rings is 1. The molecule has 0 bridgehead atoms. The second-order valence-electron chi connectivity index (χ2n) is 5.53. The van der Waals surface area contributed by atoms with Gasteiger partial charge in [0.1, 0.15) is 11.9 Å². The van der Waals surface area contributed by atoms with Gasteiger partial charge in [-0.05, 0) is 37.1 Å². The molecule has 1 aromatic carbocycles. The molecule has 2 aromatic heterocycles. The molecule has 2 heterocycles. The van der Waals surface area contributed by atoms with Crippen LogP contribution in [-0.4, -0.2) is 25.7 Å². The van der Waals surface area contributed by atoms with Crippen molar-refractivity contribution in [2.45, 2.75) is 18.8 Å². The van der Waals surface area contributed by atoms with E-state index in [1.54, 1.807) is 34.8 Å². The SMILES string of the molecule is O=C(O)c1cccc(-c2ccc(OCl)c3nc(C4CC4)nn23)c1. The highest BCUT2D eigenvalue weighted by atomic mass is 35.5. The van der Waals surface area contributed by atoms with E-state index in [9.17, 15) is 4.79 Å². The fourth-order valence-corrected chi connectivity index (χ4v) is 2.68. The molecule has 1 N–H and O–H groups in total. The fraction of sp³-hybridized carbons (Fsp3) is 0.188. The molecule has 0 radical (unpaired) electrons. The van der Waals surface area contributed by atoms with Crippen LogP contribution in [0, 0.1) is 0 Å². The Bertz CT molecular complexity index is 918. The number of benzene rings is 1. The molecule has 3 aromatic rings. The van der Waals surface area contributed by atoms with Crippen molar-refractivity contribution in [2.24, 2.45) is 0 Å². The van der Waals surface area contributed by atoms with Crippen molar-refractivity contribution in [1.82, 2.24) is 14.6 Å². The molecular weight excluding hydrogens is 318 g/mol. The number of carbonyl (C=O) groups is 1. The molecule has 23 heavy (non-hydrogen) atoms. The first-order valence-electron chi connectivity index (χ1n) is 7.19. The predicted octanol–water partition coefficient (Wildman–Crippen LogP) is 3.50. The number of carboxylic acid groups (broad SMARTS) is 1. The van der Waals surface area contributed by atoms with Gasteiger partial charge in [-0.2, -0.15) is 5.10 Å². The van der Waals surface area contributed by atoms with Crippen molar-refractivity contribution in [3.63, 3.8) is 0 Å². The van der Waals surface area contributed by atoms with Gasteiger partial charge in [0.05, 0.1) is 11.3 Å². The highest BCUT2D eigenvalue weighted by Crippen LogP contribution is 2.39. The van der Waals surface area contributed by atoms with E-state index in [-0.39, 0.29) is 5.56 Å². The highest BCUT2D eigenvalue weighted by molar-refractivity contribution is 6.09. The quantitative estimate of drug-likeness (QED) is 0.792. The number of rotatable bonds is 4. The van der Waals surface area contributed by atoms with Crippen molar-refractivity contribution >= 4 is 23.5 Å². The van der Waals surface area contributed by atoms with Crippen LogP contribution in [0.1, 0.15) is 34.9 Å². The number of hydrogen-bond acceptors (Lipinski definition) is 4. The number of nitrogens with zero attached hydrogens (tertiary/aromatic N) is 3. The molecule has 0 aliphatic heterocycles. The van der Waals surface area contributed by atoms with Crippen LogP contribution in [0.25, 0.3) is 16.9 Å². The third-order valence-electron chi connectivity index (χ3n) is 3.90. The summed E-state index contributed by atoms with van der Waals surface area (Å²) in [5, 5.41) is 13.7. The molecule has 0 amide bonds. The average molecular weight is 330 g/mol. The first kappa shape index (κ1) is 14.0. The standard InChI is InChI=1S/C16H12ClN3O3/c17-23-13-7-6-12(10-2-1-3-11(8-10)16(21)22)20-15(13)18-14(19-20)9-4-5-9/h1-3,6-9H,4-5H2,(H,21,22). The molecule has 1 aliphatic rings. The maximum atomic E-state index is 11.2. The van der Waals surface area contributed by atoms with Crippen LogP contribution < -0.4 is 4.29 Å². The van der Waals surface area contributed by atoms with Crippen LogP contribution >= 0.6 is 11.9 Å². The Balaban J connectivity index is 1.92. The van der Waals surface area contributed by atoms with Crippen LogP contribution in [0.3, 0.4) is 0 Å². The summed E-state index contributed by atoms with van der Waals surface area (Å²) < 4.78 is 6.51. The van der Waals surface area contributed by atoms with Gasteiger partial charge < -0.3 is 9.40 Å². The summed E-state index contributed by atoms with van der Waals surface area (Å²) >= 11 is 5.52. The molecule has 116 valence electrons. The number of carboxylic acids is 1. The molecule has 0 unspecified atom stereocenters. The first-order chi connectivity index (χ1) is 11.2. The number of aromatic nitrogens is 3. The fourth-order valence-electron chi connectivity index (χ4n) is 2.56. The number of hydrogen-bond donors (Lipinski definition) is 1. The van der Waals surface area contributed by atoms with Gasteiger partial charge >= 0.3 is 5.97 Å². The van der Waals surface area contributed by atoms with Gasteiger partial charge in [-0.3, -0.25) is 0 Å². The first-order valence-corrected chi connectivity index (χ1v) is 7.50. The molecule has 4 rings (SSSR count). The lowest BCUT2D eigenvalue weighted by Crippen LogP contribution is -1.99. The summed E-state index contributed by atoms with van der Waals surface area (Å²) in [6.45, 7) is 0. The summed E-state index contributed by atoms with van der Waals surface area (Å²) in [4.78, 5) is 15.7. The maximum Gasteiger partial charge on any atom is 0.335 e. The number of aromatic carboxylic acids is 1. The van der Waals surface area contributed by atoms with E-state index >= 15 is 0 Å². The topological polar surface area (TPSA) is 76.7 Å². The van der Waals surface area contributed by atoms with E-state index < -0.39 is 5.97 Å². The summed E-state index contributed by atoms with van der Waals surface area (Å²) in [6, 6.07) is 10.2. The summed E-state index contributed by atoms with van der Waals surface area (Å²) in [5.41, 5.74) is 2.22. The predicted molar refractivity (Wildman–Crippen MR) is 83.8 cm³/mol. The lowest BCUT2D eigenvalue weighted by atomic mass is 10.1. The largest absolute Gasteiger partial charge is 0.478 e. The Hall–Kier alpha value is -2.60. The Labute approximate surface area is 136 Å². The molecule has 7 heteroatoms. The molecule has 1 saturated carbocycles. The zero-order chi connectivity index (χ0) is 16.0. The van der Waals surface area contributed by atoms with Crippen LogP contribution in [0.15, 0.2) is 36.4 Å². The van der Waals surface area contributed by atoms with Crippen molar-refractivity contribution in [3.05, 3.63) is 47.8 Å². The molecule has 1 fully saturated rings. The number of fused-ring (bicyclic) bond motifs is 1. The van der Waals surface area contributed by atoms with Gasteiger partial charge in [-0.15, -0.1) is 0 Å². The Morgan fingerprint density at radius 1 is 1.30 bits per heavy atom. The van der Waals surface area contributed by atoms with Gasteiger partial charge in [0.25, 0.3) is 0 Å². The Kier molecular flexibility index (Phi) is 3.20. The highest BCUT2D eigenvalue weighted by Gasteiger charge is 2.29. The second kappa shape index (κ2) is 5.24. The van der Waals surface area contributed by atoms with Gasteiger partial charge in [0.15, 0.2) is 11.6 Å². The Morgan fingerprint density at radius 2 is 2.13 bits per heavy atom. The van der Waals surface area contributed by atoms with E-state index in [0.29, 0.717) is 17.3 Å².